The molecular weight excluding hydrogens is 274 g/mol. The normalized spacial score (nSPS) is 14.3. The second kappa shape index (κ2) is 5.73. The van der Waals surface area contributed by atoms with Gasteiger partial charge in [-0.15, -0.1) is 0 Å². The Morgan fingerprint density at radius 3 is 2.55 bits per heavy atom. The summed E-state index contributed by atoms with van der Waals surface area (Å²) in [4.78, 5) is 0. The molecule has 0 bridgehead atoms. The van der Waals surface area contributed by atoms with Crippen LogP contribution in [0.1, 0.15) is 11.1 Å². The van der Waals surface area contributed by atoms with Crippen molar-refractivity contribution in [1.29, 1.82) is 0 Å². The van der Waals surface area contributed by atoms with Crippen LogP contribution >= 0.6 is 11.6 Å². The SMILES string of the molecule is NC(Cc1cccc(Cl)c1)Cc1ccc2c(c1)OCO2. The Morgan fingerprint density at radius 1 is 1.00 bits per heavy atom. The Kier molecular flexibility index (Phi) is 3.81. The predicted octanol–water partition coefficient (Wildman–Crippen LogP) is 3.18. The Balaban J connectivity index is 1.65. The van der Waals surface area contributed by atoms with Gasteiger partial charge in [0, 0.05) is 11.1 Å². The Morgan fingerprint density at radius 2 is 1.75 bits per heavy atom. The highest BCUT2D eigenvalue weighted by Crippen LogP contribution is 2.32. The third kappa shape index (κ3) is 3.06. The maximum absolute atomic E-state index is 6.22. The number of fused-ring (bicyclic) bond motifs is 1. The molecule has 1 atom stereocenters. The number of nitrogens with two attached hydrogens (primary N) is 1. The molecule has 0 spiro atoms. The molecule has 0 amide bonds. The average molecular weight is 290 g/mol. The van der Waals surface area contributed by atoms with Gasteiger partial charge >= 0.3 is 0 Å². The first-order valence-corrected chi connectivity index (χ1v) is 6.97. The molecular formula is C16H16ClNO2. The lowest BCUT2D eigenvalue weighted by Crippen LogP contribution is -2.25. The van der Waals surface area contributed by atoms with E-state index in [1.165, 1.54) is 0 Å². The van der Waals surface area contributed by atoms with Crippen LogP contribution in [0, 0.1) is 0 Å². The first-order chi connectivity index (χ1) is 9.70. The first-order valence-electron chi connectivity index (χ1n) is 6.59. The van der Waals surface area contributed by atoms with Gasteiger partial charge in [0.25, 0.3) is 0 Å². The van der Waals surface area contributed by atoms with E-state index in [4.69, 9.17) is 26.8 Å². The standard InChI is InChI=1S/C16H16ClNO2/c17-13-3-1-2-11(6-13)7-14(18)8-12-4-5-15-16(9-12)20-10-19-15/h1-6,9,14H,7-8,10,18H2. The molecule has 1 aliphatic heterocycles. The fourth-order valence-electron chi connectivity index (χ4n) is 2.41. The number of benzene rings is 2. The van der Waals surface area contributed by atoms with E-state index in [1.54, 1.807) is 0 Å². The summed E-state index contributed by atoms with van der Waals surface area (Å²) >= 11 is 5.98. The van der Waals surface area contributed by atoms with Crippen LogP contribution in [0.15, 0.2) is 42.5 Å². The van der Waals surface area contributed by atoms with Gasteiger partial charge in [-0.3, -0.25) is 0 Å². The van der Waals surface area contributed by atoms with Crippen LogP contribution in [0.4, 0.5) is 0 Å². The number of halogens is 1. The van der Waals surface area contributed by atoms with Gasteiger partial charge in [0.05, 0.1) is 0 Å². The Hall–Kier alpha value is -1.71. The fourth-order valence-corrected chi connectivity index (χ4v) is 2.62. The van der Waals surface area contributed by atoms with E-state index in [0.29, 0.717) is 6.79 Å². The lowest BCUT2D eigenvalue weighted by Gasteiger charge is -2.12. The molecule has 3 nitrogen and oxygen atoms in total. The van der Waals surface area contributed by atoms with Crippen molar-refractivity contribution in [2.45, 2.75) is 18.9 Å². The molecule has 0 saturated heterocycles. The quantitative estimate of drug-likeness (QED) is 0.940. The molecule has 1 aliphatic rings. The summed E-state index contributed by atoms with van der Waals surface area (Å²) in [6.07, 6.45) is 1.60. The lowest BCUT2D eigenvalue weighted by molar-refractivity contribution is 0.174. The van der Waals surface area contributed by atoms with Gasteiger partial charge in [0.1, 0.15) is 0 Å². The smallest absolute Gasteiger partial charge is 0.231 e. The molecule has 104 valence electrons. The number of rotatable bonds is 4. The van der Waals surface area contributed by atoms with Crippen molar-refractivity contribution in [3.8, 4) is 11.5 Å². The highest BCUT2D eigenvalue weighted by atomic mass is 35.5. The highest BCUT2D eigenvalue weighted by Gasteiger charge is 2.14. The van der Waals surface area contributed by atoms with E-state index in [0.717, 1.165) is 40.5 Å². The maximum Gasteiger partial charge on any atom is 0.231 e. The lowest BCUT2D eigenvalue weighted by atomic mass is 9.99. The minimum absolute atomic E-state index is 0.0499. The summed E-state index contributed by atoms with van der Waals surface area (Å²) in [5, 5.41) is 0.748. The molecule has 0 aliphatic carbocycles. The van der Waals surface area contributed by atoms with E-state index >= 15 is 0 Å². The predicted molar refractivity (Wildman–Crippen MR) is 79.4 cm³/mol. The summed E-state index contributed by atoms with van der Waals surface area (Å²) in [6, 6.07) is 13.8. The third-order valence-corrected chi connectivity index (χ3v) is 3.56. The van der Waals surface area contributed by atoms with Gasteiger partial charge in [0.15, 0.2) is 11.5 Å². The zero-order valence-corrected chi connectivity index (χ0v) is 11.8. The third-order valence-electron chi connectivity index (χ3n) is 3.32. The summed E-state index contributed by atoms with van der Waals surface area (Å²) in [6.45, 7) is 0.299. The van der Waals surface area contributed by atoms with Crippen molar-refractivity contribution in [3.05, 3.63) is 58.6 Å². The van der Waals surface area contributed by atoms with Gasteiger partial charge in [-0.1, -0.05) is 29.8 Å². The van der Waals surface area contributed by atoms with Crippen LogP contribution in [-0.2, 0) is 12.8 Å². The number of ether oxygens (including phenoxy) is 2. The summed E-state index contributed by atoms with van der Waals surface area (Å²) < 4.78 is 10.7. The van der Waals surface area contributed by atoms with Crippen LogP contribution in [-0.4, -0.2) is 12.8 Å². The molecule has 0 saturated carbocycles. The van der Waals surface area contributed by atoms with E-state index in [2.05, 4.69) is 0 Å². The summed E-state index contributed by atoms with van der Waals surface area (Å²) in [5.74, 6) is 1.61. The van der Waals surface area contributed by atoms with Crippen molar-refractivity contribution in [3.63, 3.8) is 0 Å². The van der Waals surface area contributed by atoms with Crippen LogP contribution in [0.2, 0.25) is 5.02 Å². The zero-order valence-electron chi connectivity index (χ0n) is 11.0. The van der Waals surface area contributed by atoms with Crippen molar-refractivity contribution in [2.75, 3.05) is 6.79 Å². The van der Waals surface area contributed by atoms with Gasteiger partial charge < -0.3 is 15.2 Å². The van der Waals surface area contributed by atoms with Gasteiger partial charge in [-0.2, -0.15) is 0 Å². The van der Waals surface area contributed by atoms with Crippen LogP contribution in [0.25, 0.3) is 0 Å². The molecule has 0 aromatic heterocycles. The minimum Gasteiger partial charge on any atom is -0.454 e. The van der Waals surface area contributed by atoms with Crippen LogP contribution < -0.4 is 15.2 Å². The zero-order chi connectivity index (χ0) is 13.9. The molecule has 2 aromatic rings. The molecule has 0 radical (unpaired) electrons. The molecule has 3 rings (SSSR count). The fraction of sp³-hybridized carbons (Fsp3) is 0.250. The molecule has 4 heteroatoms. The van der Waals surface area contributed by atoms with E-state index in [9.17, 15) is 0 Å². The van der Waals surface area contributed by atoms with Crippen molar-refractivity contribution >= 4 is 11.6 Å². The summed E-state index contributed by atoms with van der Waals surface area (Å²) in [7, 11) is 0. The van der Waals surface area contributed by atoms with E-state index < -0.39 is 0 Å². The highest BCUT2D eigenvalue weighted by molar-refractivity contribution is 6.30. The van der Waals surface area contributed by atoms with E-state index in [1.807, 2.05) is 42.5 Å². The van der Waals surface area contributed by atoms with E-state index in [-0.39, 0.29) is 6.04 Å². The minimum atomic E-state index is 0.0499. The Labute approximate surface area is 123 Å². The average Bonchev–Trinajstić information content (AvgIpc) is 2.86. The molecule has 20 heavy (non-hydrogen) atoms. The first kappa shape index (κ1) is 13.3. The second-order valence-corrected chi connectivity index (χ2v) is 5.42. The molecule has 2 N–H and O–H groups in total. The largest absolute Gasteiger partial charge is 0.454 e. The molecule has 1 heterocycles. The van der Waals surface area contributed by atoms with Gasteiger partial charge in [0.2, 0.25) is 6.79 Å². The second-order valence-electron chi connectivity index (χ2n) is 4.99. The number of hydrogen-bond acceptors (Lipinski definition) is 3. The van der Waals surface area contributed by atoms with Crippen LogP contribution in [0.3, 0.4) is 0 Å². The van der Waals surface area contributed by atoms with Gasteiger partial charge in [-0.25, -0.2) is 0 Å². The van der Waals surface area contributed by atoms with Crippen molar-refractivity contribution in [1.82, 2.24) is 0 Å². The Bertz CT molecular complexity index is 615. The molecule has 2 aromatic carbocycles. The topological polar surface area (TPSA) is 44.5 Å². The van der Waals surface area contributed by atoms with Crippen molar-refractivity contribution < 1.29 is 9.47 Å². The maximum atomic E-state index is 6.22. The molecule has 1 unspecified atom stereocenters. The van der Waals surface area contributed by atoms with Crippen LogP contribution in [0.5, 0.6) is 11.5 Å². The molecule has 0 fully saturated rings. The monoisotopic (exact) mass is 289 g/mol. The van der Waals surface area contributed by atoms with Gasteiger partial charge in [-0.05, 0) is 48.2 Å². The number of hydrogen-bond donors (Lipinski definition) is 1. The summed E-state index contributed by atoms with van der Waals surface area (Å²) in [5.41, 5.74) is 8.53. The van der Waals surface area contributed by atoms with Crippen molar-refractivity contribution in [2.24, 2.45) is 5.73 Å².